The number of unbranched alkanes of at least 4 members (excludes halogenated alkanes) is 1. The maximum atomic E-state index is 5.90. The van der Waals surface area contributed by atoms with Crippen LogP contribution in [-0.2, 0) is 0 Å². The van der Waals surface area contributed by atoms with Crippen LogP contribution in [0.1, 0.15) is 45.4 Å². The van der Waals surface area contributed by atoms with Crippen molar-refractivity contribution in [1.29, 1.82) is 0 Å². The van der Waals surface area contributed by atoms with Crippen LogP contribution in [0.15, 0.2) is 0 Å². The minimum Gasteiger partial charge on any atom is -0.328 e. The third-order valence-corrected chi connectivity index (χ3v) is 2.26. The fraction of sp³-hybridized carbons (Fsp3) is 1.00. The number of rotatable bonds is 5. The van der Waals surface area contributed by atoms with Crippen LogP contribution < -0.4 is 5.73 Å². The van der Waals surface area contributed by atoms with Gasteiger partial charge >= 0.3 is 0 Å². The molecule has 1 aliphatic carbocycles. The van der Waals surface area contributed by atoms with Gasteiger partial charge in [0.05, 0.1) is 0 Å². The third kappa shape index (κ3) is 3.21. The summed E-state index contributed by atoms with van der Waals surface area (Å²) in [5.41, 5.74) is 5.90. The third-order valence-electron chi connectivity index (χ3n) is 2.26. The van der Waals surface area contributed by atoms with Crippen molar-refractivity contribution in [3.05, 3.63) is 0 Å². The molecule has 1 aliphatic rings. The van der Waals surface area contributed by atoms with E-state index in [2.05, 4.69) is 6.92 Å². The molecular weight excluding hydrogens is 122 g/mol. The van der Waals surface area contributed by atoms with E-state index in [1.807, 2.05) is 0 Å². The molecule has 1 atom stereocenters. The van der Waals surface area contributed by atoms with Gasteiger partial charge in [-0.05, 0) is 18.8 Å². The standard InChI is InChI=1S/C9H19N/c1-2-3-4-9(10)7-8-5-6-8/h8-9H,2-7,10H2,1H3. The van der Waals surface area contributed by atoms with E-state index in [1.165, 1.54) is 38.5 Å². The monoisotopic (exact) mass is 141 g/mol. The second-order valence-electron chi connectivity index (χ2n) is 3.58. The van der Waals surface area contributed by atoms with Crippen molar-refractivity contribution in [3.63, 3.8) is 0 Å². The summed E-state index contributed by atoms with van der Waals surface area (Å²) in [6.45, 7) is 2.23. The predicted octanol–water partition coefficient (Wildman–Crippen LogP) is 2.30. The SMILES string of the molecule is CCCCC(N)CC1CC1. The highest BCUT2D eigenvalue weighted by Gasteiger charge is 2.23. The Kier molecular flexibility index (Phi) is 3.20. The highest BCUT2D eigenvalue weighted by molar-refractivity contribution is 4.78. The molecule has 0 spiro atoms. The molecule has 0 bridgehead atoms. The van der Waals surface area contributed by atoms with E-state index in [0.717, 1.165) is 5.92 Å². The van der Waals surface area contributed by atoms with Crippen molar-refractivity contribution >= 4 is 0 Å². The molecule has 1 unspecified atom stereocenters. The van der Waals surface area contributed by atoms with Crippen LogP contribution in [0.3, 0.4) is 0 Å². The number of hydrogen-bond donors (Lipinski definition) is 1. The smallest absolute Gasteiger partial charge is 0.00414 e. The van der Waals surface area contributed by atoms with Gasteiger partial charge in [-0.15, -0.1) is 0 Å². The van der Waals surface area contributed by atoms with E-state index in [-0.39, 0.29) is 0 Å². The number of nitrogens with two attached hydrogens (primary N) is 1. The summed E-state index contributed by atoms with van der Waals surface area (Å²) in [6.07, 6.45) is 8.03. The Bertz CT molecular complexity index is 86.7. The molecule has 10 heavy (non-hydrogen) atoms. The molecule has 0 saturated heterocycles. The average molecular weight is 141 g/mol. The van der Waals surface area contributed by atoms with Gasteiger partial charge in [0.25, 0.3) is 0 Å². The second-order valence-corrected chi connectivity index (χ2v) is 3.58. The van der Waals surface area contributed by atoms with E-state index in [0.29, 0.717) is 6.04 Å². The topological polar surface area (TPSA) is 26.0 Å². The molecule has 0 radical (unpaired) electrons. The largest absolute Gasteiger partial charge is 0.328 e. The van der Waals surface area contributed by atoms with Crippen LogP contribution in [-0.4, -0.2) is 6.04 Å². The quantitative estimate of drug-likeness (QED) is 0.624. The lowest BCUT2D eigenvalue weighted by Crippen LogP contribution is -2.20. The molecule has 1 rings (SSSR count). The summed E-state index contributed by atoms with van der Waals surface area (Å²) >= 11 is 0. The summed E-state index contributed by atoms with van der Waals surface area (Å²) in [6, 6.07) is 0.507. The van der Waals surface area contributed by atoms with Crippen LogP contribution in [0.25, 0.3) is 0 Å². The molecule has 0 aromatic heterocycles. The van der Waals surface area contributed by atoms with Gasteiger partial charge in [0.15, 0.2) is 0 Å². The molecule has 1 nitrogen and oxygen atoms in total. The predicted molar refractivity (Wildman–Crippen MR) is 44.8 cm³/mol. The summed E-state index contributed by atoms with van der Waals surface area (Å²) in [7, 11) is 0. The van der Waals surface area contributed by atoms with Crippen LogP contribution in [0, 0.1) is 5.92 Å². The van der Waals surface area contributed by atoms with Gasteiger partial charge in [0, 0.05) is 6.04 Å². The van der Waals surface area contributed by atoms with Gasteiger partial charge in [-0.3, -0.25) is 0 Å². The van der Waals surface area contributed by atoms with E-state index in [1.54, 1.807) is 0 Å². The van der Waals surface area contributed by atoms with E-state index >= 15 is 0 Å². The summed E-state index contributed by atoms with van der Waals surface area (Å²) in [4.78, 5) is 0. The molecule has 0 aromatic rings. The van der Waals surface area contributed by atoms with Gasteiger partial charge < -0.3 is 5.73 Å². The van der Waals surface area contributed by atoms with Crippen molar-refractivity contribution in [2.75, 3.05) is 0 Å². The first-order valence-corrected chi connectivity index (χ1v) is 4.58. The minimum absolute atomic E-state index is 0.507. The average Bonchev–Trinajstić information content (AvgIpc) is 2.67. The van der Waals surface area contributed by atoms with Gasteiger partial charge in [-0.1, -0.05) is 32.6 Å². The zero-order chi connectivity index (χ0) is 7.40. The Hall–Kier alpha value is -0.0400. The fourth-order valence-electron chi connectivity index (χ4n) is 1.37. The van der Waals surface area contributed by atoms with Crippen LogP contribution >= 0.6 is 0 Å². The Morgan fingerprint density at radius 1 is 1.50 bits per heavy atom. The van der Waals surface area contributed by atoms with Crippen molar-refractivity contribution in [2.45, 2.75) is 51.5 Å². The summed E-state index contributed by atoms with van der Waals surface area (Å²) in [5, 5.41) is 0. The maximum Gasteiger partial charge on any atom is 0.00414 e. The Morgan fingerprint density at radius 3 is 2.70 bits per heavy atom. The lowest BCUT2D eigenvalue weighted by molar-refractivity contribution is 0.513. The first-order valence-electron chi connectivity index (χ1n) is 4.58. The maximum absolute atomic E-state index is 5.90. The Balaban J connectivity index is 1.91. The first-order chi connectivity index (χ1) is 4.83. The molecule has 1 heteroatoms. The van der Waals surface area contributed by atoms with Crippen LogP contribution in [0.4, 0.5) is 0 Å². The zero-order valence-corrected chi connectivity index (χ0v) is 6.97. The summed E-state index contributed by atoms with van der Waals surface area (Å²) in [5.74, 6) is 1.01. The molecule has 1 saturated carbocycles. The second kappa shape index (κ2) is 3.97. The molecule has 2 N–H and O–H groups in total. The molecule has 0 aromatic carbocycles. The van der Waals surface area contributed by atoms with Crippen LogP contribution in [0.2, 0.25) is 0 Å². The molecular formula is C9H19N. The zero-order valence-electron chi connectivity index (χ0n) is 6.97. The van der Waals surface area contributed by atoms with E-state index < -0.39 is 0 Å². The van der Waals surface area contributed by atoms with E-state index in [9.17, 15) is 0 Å². The molecule has 60 valence electrons. The number of hydrogen-bond acceptors (Lipinski definition) is 1. The van der Waals surface area contributed by atoms with Crippen molar-refractivity contribution < 1.29 is 0 Å². The molecule has 0 amide bonds. The van der Waals surface area contributed by atoms with Gasteiger partial charge in [-0.25, -0.2) is 0 Å². The first kappa shape index (κ1) is 8.06. The highest BCUT2D eigenvalue weighted by Crippen LogP contribution is 2.33. The van der Waals surface area contributed by atoms with Gasteiger partial charge in [0.2, 0.25) is 0 Å². The van der Waals surface area contributed by atoms with Crippen molar-refractivity contribution in [3.8, 4) is 0 Å². The lowest BCUT2D eigenvalue weighted by atomic mass is 10.1. The Morgan fingerprint density at radius 2 is 2.20 bits per heavy atom. The van der Waals surface area contributed by atoms with Gasteiger partial charge in [0.1, 0.15) is 0 Å². The highest BCUT2D eigenvalue weighted by atomic mass is 14.6. The summed E-state index contributed by atoms with van der Waals surface area (Å²) < 4.78 is 0. The molecule has 1 fully saturated rings. The van der Waals surface area contributed by atoms with Crippen LogP contribution in [0.5, 0.6) is 0 Å². The van der Waals surface area contributed by atoms with Gasteiger partial charge in [-0.2, -0.15) is 0 Å². The Labute approximate surface area is 64.0 Å². The lowest BCUT2D eigenvalue weighted by Gasteiger charge is -2.08. The molecule has 0 aliphatic heterocycles. The van der Waals surface area contributed by atoms with Crippen molar-refractivity contribution in [1.82, 2.24) is 0 Å². The minimum atomic E-state index is 0.507. The van der Waals surface area contributed by atoms with Crippen molar-refractivity contribution in [2.24, 2.45) is 11.7 Å². The van der Waals surface area contributed by atoms with E-state index in [4.69, 9.17) is 5.73 Å². The molecule has 0 heterocycles. The normalized spacial score (nSPS) is 21.0. The fourth-order valence-corrected chi connectivity index (χ4v) is 1.37.